The minimum absolute atomic E-state index is 0.0795. The number of carbonyl (C=O) groups excluding carboxylic acids is 1. The second-order valence-corrected chi connectivity index (χ2v) is 23.9. The number of carbonyl (C=O) groups is 1. The number of fused-ring (bicyclic) bond motifs is 6. The van der Waals surface area contributed by atoms with Gasteiger partial charge in [-0.25, -0.2) is 0 Å². The number of benzene rings is 8. The molecule has 2 atom stereocenters. The quantitative estimate of drug-likeness (QED) is 0.0557. The van der Waals surface area contributed by atoms with E-state index in [1.54, 1.807) is 21.3 Å². The minimum Gasteiger partial charge on any atom is -0.468 e. The highest BCUT2D eigenvalue weighted by molar-refractivity contribution is 8.04. The molecule has 12 heteroatoms. The first kappa shape index (κ1) is 49.8. The summed E-state index contributed by atoms with van der Waals surface area (Å²) in [6, 6.07) is 67.2. The third-order valence-corrected chi connectivity index (χ3v) is 20.7. The van der Waals surface area contributed by atoms with E-state index in [1.165, 1.54) is 60.3 Å². The minimum atomic E-state index is -0.721. The Bertz CT molecular complexity index is 3070. The second kappa shape index (κ2) is 23.9. The van der Waals surface area contributed by atoms with Crippen molar-refractivity contribution in [3.05, 3.63) is 224 Å². The van der Waals surface area contributed by atoms with Gasteiger partial charge in [0, 0.05) is 21.3 Å². The van der Waals surface area contributed by atoms with Crippen LogP contribution in [0.4, 0.5) is 11.4 Å². The zero-order chi connectivity index (χ0) is 49.9. The SMILES string of the molecule is COCOc1ccc([S+]2c3ccccc3Nc3ccccc32)cc1.COCOc1ccc([S+]2c3ccccc3Sc3ccccc32)cc1.COCOc1ccc([SH+]2=C3C=CC=CC3C(=O)c3ccccc32)cc1. The highest BCUT2D eigenvalue weighted by Gasteiger charge is 2.40. The maximum Gasteiger partial charge on any atom is 0.190 e. The number of Topliss-reactive ketones (excluding diaryl/α,β-unsaturated/α-hetero) is 1. The monoisotopic (exact) mass is 1040 g/mol. The van der Waals surface area contributed by atoms with Crippen molar-refractivity contribution >= 4 is 66.1 Å². The number of anilines is 2. The molecule has 8 aromatic carbocycles. The van der Waals surface area contributed by atoms with Gasteiger partial charge in [-0.3, -0.25) is 4.79 Å². The summed E-state index contributed by atoms with van der Waals surface area (Å²) < 4.78 is 31.4. The lowest BCUT2D eigenvalue weighted by molar-refractivity contribution is 0.0509. The van der Waals surface area contributed by atoms with Crippen LogP contribution >= 0.6 is 11.8 Å². The van der Waals surface area contributed by atoms with Crippen molar-refractivity contribution < 1.29 is 33.2 Å². The fraction of sp³-hybridized carbons (Fsp3) is 0.115. The van der Waals surface area contributed by atoms with Crippen molar-refractivity contribution in [2.24, 2.45) is 5.92 Å². The Kier molecular flexibility index (Phi) is 16.3. The van der Waals surface area contributed by atoms with Crippen LogP contribution < -0.4 is 19.5 Å². The van der Waals surface area contributed by atoms with Crippen molar-refractivity contribution in [3.63, 3.8) is 0 Å². The van der Waals surface area contributed by atoms with E-state index in [9.17, 15) is 4.79 Å². The molecule has 2 unspecified atom stereocenters. The van der Waals surface area contributed by atoms with Gasteiger partial charge in [0.05, 0.1) is 26.7 Å². The summed E-state index contributed by atoms with van der Waals surface area (Å²) in [5.74, 6) is 2.49. The molecular weight excluding hydrogens is 987 g/mol. The number of rotatable bonds is 12. The van der Waals surface area contributed by atoms with Gasteiger partial charge >= 0.3 is 0 Å². The van der Waals surface area contributed by atoms with Gasteiger partial charge < -0.3 is 33.7 Å². The van der Waals surface area contributed by atoms with Gasteiger partial charge in [-0.2, -0.15) is 0 Å². The van der Waals surface area contributed by atoms with Crippen LogP contribution in [0, 0.1) is 5.92 Å². The Labute approximate surface area is 439 Å². The zero-order valence-electron chi connectivity index (χ0n) is 40.5. The summed E-state index contributed by atoms with van der Waals surface area (Å²) >= 11 is 1.86. The van der Waals surface area contributed by atoms with Crippen LogP contribution in [0.2, 0.25) is 0 Å². The Balaban J connectivity index is 0.000000126. The van der Waals surface area contributed by atoms with Gasteiger partial charge in [0.2, 0.25) is 0 Å². The van der Waals surface area contributed by atoms with Crippen molar-refractivity contribution in [2.45, 2.75) is 49.0 Å². The molecule has 4 aliphatic rings. The molecule has 73 heavy (non-hydrogen) atoms. The zero-order valence-corrected chi connectivity index (χ0v) is 43.9. The van der Waals surface area contributed by atoms with Gasteiger partial charge in [-0.1, -0.05) is 101 Å². The van der Waals surface area contributed by atoms with Crippen LogP contribution in [-0.4, -0.2) is 52.4 Å². The second-order valence-electron chi connectivity index (χ2n) is 16.7. The van der Waals surface area contributed by atoms with Gasteiger partial charge in [0.1, 0.15) is 59.6 Å². The van der Waals surface area contributed by atoms with Crippen molar-refractivity contribution in [3.8, 4) is 17.2 Å². The number of para-hydroxylation sites is 2. The van der Waals surface area contributed by atoms with Crippen LogP contribution in [0.15, 0.2) is 267 Å². The number of hydrogen-bond donors (Lipinski definition) is 1. The van der Waals surface area contributed by atoms with Crippen LogP contribution in [0.3, 0.4) is 0 Å². The van der Waals surface area contributed by atoms with E-state index < -0.39 is 10.5 Å². The fourth-order valence-corrected chi connectivity index (χ4v) is 17.4. The first-order valence-corrected chi connectivity index (χ1v) is 28.2. The molecule has 0 radical (unpaired) electrons. The molecule has 3 aliphatic heterocycles. The maximum atomic E-state index is 12.9. The topological polar surface area (TPSA) is 84.5 Å². The summed E-state index contributed by atoms with van der Waals surface area (Å²) in [5, 5.41) is 3.55. The Morgan fingerprint density at radius 2 is 0.932 bits per heavy atom. The van der Waals surface area contributed by atoms with Crippen LogP contribution in [-0.2, 0) is 46.5 Å². The first-order chi connectivity index (χ1) is 36.0. The van der Waals surface area contributed by atoms with Crippen LogP contribution in [0.5, 0.6) is 17.2 Å². The lowest BCUT2D eigenvalue weighted by atomic mass is 9.91. The molecule has 0 aromatic heterocycles. The van der Waals surface area contributed by atoms with Gasteiger partial charge in [-0.15, -0.1) is 0 Å². The highest BCUT2D eigenvalue weighted by Crippen LogP contribution is 2.48. The Morgan fingerprint density at radius 1 is 0.493 bits per heavy atom. The summed E-state index contributed by atoms with van der Waals surface area (Å²) in [6.45, 7) is 0.770. The molecule has 0 saturated carbocycles. The molecule has 3 heterocycles. The predicted molar refractivity (Wildman–Crippen MR) is 297 cm³/mol. The number of allylic oxidation sites excluding steroid dienone is 4. The lowest BCUT2D eigenvalue weighted by Gasteiger charge is -2.23. The molecule has 1 aliphatic carbocycles. The van der Waals surface area contributed by atoms with E-state index in [4.69, 9.17) is 28.4 Å². The number of hydrogen-bond acceptors (Lipinski definition) is 9. The van der Waals surface area contributed by atoms with E-state index in [0.717, 1.165) is 27.7 Å². The van der Waals surface area contributed by atoms with Crippen LogP contribution in [0.1, 0.15) is 10.4 Å². The molecule has 0 fully saturated rings. The molecule has 8 aromatic rings. The highest BCUT2D eigenvalue weighted by atomic mass is 32.2. The van der Waals surface area contributed by atoms with E-state index >= 15 is 0 Å². The Morgan fingerprint density at radius 3 is 1.45 bits per heavy atom. The average Bonchev–Trinajstić information content (AvgIpc) is 3.45. The largest absolute Gasteiger partial charge is 0.468 e. The van der Waals surface area contributed by atoms with Crippen molar-refractivity contribution in [2.75, 3.05) is 47.0 Å². The number of methoxy groups -OCH3 is 3. The lowest BCUT2D eigenvalue weighted by Crippen LogP contribution is -2.31. The predicted octanol–water partition coefficient (Wildman–Crippen LogP) is 13.6. The molecule has 0 saturated heterocycles. The molecule has 8 nitrogen and oxygen atoms in total. The molecule has 12 rings (SSSR count). The smallest absolute Gasteiger partial charge is 0.190 e. The van der Waals surface area contributed by atoms with E-state index in [2.05, 4.69) is 151 Å². The number of ether oxygens (including phenoxy) is 6. The van der Waals surface area contributed by atoms with E-state index in [0.29, 0.717) is 0 Å². The molecule has 0 spiro atoms. The van der Waals surface area contributed by atoms with Crippen molar-refractivity contribution in [1.29, 1.82) is 0 Å². The molecule has 0 amide bonds. The van der Waals surface area contributed by atoms with Crippen LogP contribution in [0.25, 0.3) is 0 Å². The molecular formula is C61H54NO7S4+3. The summed E-state index contributed by atoms with van der Waals surface area (Å²) in [6.07, 6.45) is 8.12. The third kappa shape index (κ3) is 11.1. The number of ketones is 1. The van der Waals surface area contributed by atoms with Gasteiger partial charge in [0.25, 0.3) is 0 Å². The Hall–Kier alpha value is -6.74. The van der Waals surface area contributed by atoms with E-state index in [1.807, 2.05) is 84.6 Å². The molecule has 1 N–H and O–H groups in total. The number of thiol groups is 1. The van der Waals surface area contributed by atoms with Crippen molar-refractivity contribution in [1.82, 2.24) is 0 Å². The van der Waals surface area contributed by atoms with Gasteiger partial charge in [-0.05, 0) is 140 Å². The standard InChI is InChI=1S/C21H18O3S.C20H18NO2S.C20H17O2S2/c1-23-14-24-15-10-12-16(13-11-15)25-19-8-4-2-6-17(19)21(22)18-7-3-5-9-20(18)25;1-22-14-23-15-10-12-16(13-11-15)24-19-8-4-2-6-17(19)21-18-7-3-5-9-20(18)24;1-21-14-22-15-10-12-16(13-11-15)24-19-8-4-2-6-17(19)23-18-7-3-5-9-20(18)24/h2-13,17H,14H2,1H3;2-13,21H,14H2,1H3;2-13H,14H2,1H3/q;2*+1/p+1. The summed E-state index contributed by atoms with van der Waals surface area (Å²) in [4.78, 5) is 27.1. The molecule has 366 valence electrons. The molecule has 0 bridgehead atoms. The number of nitrogens with one attached hydrogen (secondary N) is 1. The van der Waals surface area contributed by atoms with Gasteiger partial charge in [0.15, 0.2) is 55.5 Å². The first-order valence-electron chi connectivity index (χ1n) is 23.6. The average molecular weight is 1040 g/mol. The summed E-state index contributed by atoms with van der Waals surface area (Å²) in [7, 11) is 3.93. The summed E-state index contributed by atoms with van der Waals surface area (Å²) in [5.41, 5.74) is 3.21. The normalized spacial score (nSPS) is 15.8. The fourth-order valence-electron chi connectivity index (χ4n) is 8.77. The maximum absolute atomic E-state index is 12.9. The van der Waals surface area contributed by atoms with E-state index in [-0.39, 0.29) is 53.9 Å². The third-order valence-electron chi connectivity index (χ3n) is 12.0.